The van der Waals surface area contributed by atoms with Crippen molar-refractivity contribution in [2.45, 2.75) is 148 Å². The quantitative estimate of drug-likeness (QED) is 0.169. The fourth-order valence-electron chi connectivity index (χ4n) is 9.59. The summed E-state index contributed by atoms with van der Waals surface area (Å²) in [6, 6.07) is 7.08. The molecule has 14 heteroatoms. The standard InChI is InChI=1S/C42H59NO13/c1-22(2)19-26(43-37(49)56-38(5,6)7)30(45)36(48)53-27-20-42(50)34(54-35(47)25-15-13-12-14-16-25)32-40(10,18-17-28-41(32,21-52-28)55-24(4)44)33(46)31(51-11)29(23(27)3)39(42,8)9/h12-16,22,26-28,30-32,34,45,50H,17-21H2,1-11H3,(H,43,49)/t26-,27-,28+,30+,31+,32-,34-,40+,41-,42+/m0/s1. The van der Waals surface area contributed by atoms with Gasteiger partial charge in [0.25, 0.3) is 0 Å². The SMILES string of the molecule is CO[C@H]1C(=O)[C@]2(C)CC[C@H]3OC[C@@]3(OC(C)=O)[C@H]2[C@H](OC(=O)c2ccccc2)[C@]2(O)C[C@H](OC(=O)[C@H](O)[C@H](CC(C)C)NC(=O)OC(C)(C)C)C(C)=C1C2(C)C. The molecule has 0 unspecified atom stereocenters. The van der Waals surface area contributed by atoms with E-state index in [4.69, 9.17) is 28.4 Å². The second-order valence-electron chi connectivity index (χ2n) is 18.1. The summed E-state index contributed by atoms with van der Waals surface area (Å²) in [5, 5.41) is 27.6. The topological polar surface area (TPSA) is 193 Å². The molecule has 1 aromatic rings. The lowest BCUT2D eigenvalue weighted by Gasteiger charge is -2.66. The highest BCUT2D eigenvalue weighted by molar-refractivity contribution is 5.94. The summed E-state index contributed by atoms with van der Waals surface area (Å²) in [6.07, 6.45) is -7.02. The Morgan fingerprint density at radius 2 is 1.70 bits per heavy atom. The molecule has 3 fully saturated rings. The number of amides is 1. The summed E-state index contributed by atoms with van der Waals surface area (Å²) < 4.78 is 36.0. The van der Waals surface area contributed by atoms with E-state index in [1.54, 1.807) is 78.8 Å². The number of aliphatic hydroxyl groups excluding tert-OH is 1. The van der Waals surface area contributed by atoms with Crippen molar-refractivity contribution in [3.8, 4) is 0 Å². The number of methoxy groups -OCH3 is 1. The number of alkyl carbamates (subject to hydrolysis) is 1. The maximum atomic E-state index is 15.2. The molecule has 0 radical (unpaired) electrons. The number of ketones is 1. The van der Waals surface area contributed by atoms with Gasteiger partial charge in [0, 0.05) is 31.3 Å². The van der Waals surface area contributed by atoms with Crippen molar-refractivity contribution >= 4 is 29.8 Å². The second-order valence-corrected chi connectivity index (χ2v) is 18.1. The molecule has 3 aliphatic carbocycles. The lowest BCUT2D eigenvalue weighted by Crippen LogP contribution is -2.79. The Kier molecular flexibility index (Phi) is 12.0. The molecule has 14 nitrogen and oxygen atoms in total. The number of carbonyl (C=O) groups is 5. The van der Waals surface area contributed by atoms with Gasteiger partial charge in [-0.15, -0.1) is 0 Å². The first-order chi connectivity index (χ1) is 25.9. The number of ether oxygens (including phenoxy) is 6. The predicted octanol–water partition coefficient (Wildman–Crippen LogP) is 4.62. The van der Waals surface area contributed by atoms with Gasteiger partial charge in [-0.3, -0.25) is 9.59 Å². The third-order valence-electron chi connectivity index (χ3n) is 12.3. The number of fused-ring (bicyclic) bond motifs is 5. The third kappa shape index (κ3) is 7.61. The van der Waals surface area contributed by atoms with Crippen LogP contribution in [-0.4, -0.2) is 107 Å². The number of carbonyl (C=O) groups excluding carboxylic acids is 5. The van der Waals surface area contributed by atoms with Crippen LogP contribution in [-0.2, 0) is 42.8 Å². The zero-order valence-electron chi connectivity index (χ0n) is 34.4. The van der Waals surface area contributed by atoms with Crippen LogP contribution in [0, 0.1) is 22.7 Å². The maximum absolute atomic E-state index is 15.2. The number of hydrogen-bond acceptors (Lipinski definition) is 13. The number of hydrogen-bond donors (Lipinski definition) is 3. The van der Waals surface area contributed by atoms with Crippen molar-refractivity contribution < 1.29 is 62.6 Å². The summed E-state index contributed by atoms with van der Waals surface area (Å²) >= 11 is 0. The van der Waals surface area contributed by atoms with Crippen molar-refractivity contribution in [3.63, 3.8) is 0 Å². The van der Waals surface area contributed by atoms with Crippen molar-refractivity contribution in [1.29, 1.82) is 0 Å². The molecule has 310 valence electrons. The summed E-state index contributed by atoms with van der Waals surface area (Å²) in [6.45, 7) is 16.7. The van der Waals surface area contributed by atoms with Gasteiger partial charge in [0.2, 0.25) is 0 Å². The smallest absolute Gasteiger partial charge is 0.407 e. The molecule has 10 atom stereocenters. The maximum Gasteiger partial charge on any atom is 0.407 e. The highest BCUT2D eigenvalue weighted by Gasteiger charge is 2.76. The van der Waals surface area contributed by atoms with Gasteiger partial charge in [-0.25, -0.2) is 14.4 Å². The van der Waals surface area contributed by atoms with Gasteiger partial charge in [-0.1, -0.05) is 52.8 Å². The molecular weight excluding hydrogens is 726 g/mol. The highest BCUT2D eigenvalue weighted by Crippen LogP contribution is 2.64. The zero-order valence-corrected chi connectivity index (χ0v) is 34.4. The van der Waals surface area contributed by atoms with Gasteiger partial charge in [-0.2, -0.15) is 0 Å². The number of benzene rings is 1. The Morgan fingerprint density at radius 3 is 2.23 bits per heavy atom. The minimum atomic E-state index is -2.12. The third-order valence-corrected chi connectivity index (χ3v) is 12.3. The van der Waals surface area contributed by atoms with E-state index in [1.165, 1.54) is 14.0 Å². The molecule has 4 aliphatic rings. The van der Waals surface area contributed by atoms with E-state index < -0.39 is 99.9 Å². The van der Waals surface area contributed by atoms with Crippen LogP contribution in [0.25, 0.3) is 0 Å². The molecule has 2 bridgehead atoms. The Hall–Kier alpha value is -3.85. The monoisotopic (exact) mass is 785 g/mol. The largest absolute Gasteiger partial charge is 0.456 e. The lowest BCUT2D eigenvalue weighted by molar-refractivity contribution is -0.332. The molecular formula is C42H59NO13. The van der Waals surface area contributed by atoms with E-state index in [9.17, 15) is 29.4 Å². The van der Waals surface area contributed by atoms with Crippen LogP contribution in [0.5, 0.6) is 0 Å². The van der Waals surface area contributed by atoms with Crippen molar-refractivity contribution in [2.24, 2.45) is 22.7 Å². The van der Waals surface area contributed by atoms with Gasteiger partial charge >= 0.3 is 24.0 Å². The second kappa shape index (κ2) is 15.5. The van der Waals surface area contributed by atoms with Crippen molar-refractivity contribution in [3.05, 3.63) is 47.0 Å². The Bertz CT molecular complexity index is 1730. The van der Waals surface area contributed by atoms with E-state index in [1.807, 2.05) is 13.8 Å². The fraction of sp³-hybridized carbons (Fsp3) is 0.690. The number of aliphatic hydroxyl groups is 2. The van der Waals surface area contributed by atoms with Crippen LogP contribution < -0.4 is 5.32 Å². The average molecular weight is 786 g/mol. The van der Waals surface area contributed by atoms with Gasteiger partial charge in [0.1, 0.15) is 35.6 Å². The molecule has 3 N–H and O–H groups in total. The summed E-state index contributed by atoms with van der Waals surface area (Å²) in [4.78, 5) is 69.0. The minimum Gasteiger partial charge on any atom is -0.456 e. The summed E-state index contributed by atoms with van der Waals surface area (Å²) in [7, 11) is 1.38. The normalized spacial score (nSPS) is 33.3. The molecule has 2 saturated carbocycles. The van der Waals surface area contributed by atoms with Crippen molar-refractivity contribution in [1.82, 2.24) is 5.32 Å². The predicted molar refractivity (Wildman–Crippen MR) is 201 cm³/mol. The van der Waals surface area contributed by atoms with Gasteiger partial charge in [-0.05, 0) is 76.2 Å². The van der Waals surface area contributed by atoms with Crippen LogP contribution in [0.4, 0.5) is 4.79 Å². The van der Waals surface area contributed by atoms with Gasteiger partial charge in [0.15, 0.2) is 17.5 Å². The number of nitrogens with one attached hydrogen (secondary N) is 1. The summed E-state index contributed by atoms with van der Waals surface area (Å²) in [5.41, 5.74) is -6.31. The molecule has 1 amide bonds. The van der Waals surface area contributed by atoms with Crippen LogP contribution in [0.2, 0.25) is 0 Å². The molecule has 1 aromatic carbocycles. The molecule has 1 aliphatic heterocycles. The summed E-state index contributed by atoms with van der Waals surface area (Å²) in [5.74, 6) is -4.14. The zero-order chi connectivity index (χ0) is 41.8. The molecule has 5 rings (SSSR count). The molecule has 0 spiro atoms. The Labute approximate surface area is 328 Å². The molecule has 1 saturated heterocycles. The van der Waals surface area contributed by atoms with Crippen LogP contribution >= 0.6 is 0 Å². The van der Waals surface area contributed by atoms with E-state index in [0.717, 1.165) is 0 Å². The first-order valence-electron chi connectivity index (χ1n) is 19.4. The van der Waals surface area contributed by atoms with Crippen molar-refractivity contribution in [2.75, 3.05) is 13.7 Å². The fourth-order valence-corrected chi connectivity index (χ4v) is 9.59. The number of rotatable bonds is 10. The van der Waals surface area contributed by atoms with E-state index in [-0.39, 0.29) is 37.4 Å². The number of Topliss-reactive ketones (excluding diaryl/α,β-unsaturated/α-hetero) is 1. The average Bonchev–Trinajstić information content (AvgIpc) is 3.08. The number of esters is 3. The Morgan fingerprint density at radius 1 is 1.05 bits per heavy atom. The molecule has 56 heavy (non-hydrogen) atoms. The first-order valence-corrected chi connectivity index (χ1v) is 19.4. The molecule has 1 heterocycles. The van der Waals surface area contributed by atoms with E-state index in [0.29, 0.717) is 17.6 Å². The van der Waals surface area contributed by atoms with Gasteiger partial charge in [0.05, 0.1) is 24.1 Å². The first kappa shape index (κ1) is 43.3. The van der Waals surface area contributed by atoms with E-state index in [2.05, 4.69) is 5.32 Å². The van der Waals surface area contributed by atoms with Crippen LogP contribution in [0.1, 0.15) is 105 Å². The van der Waals surface area contributed by atoms with Crippen LogP contribution in [0.3, 0.4) is 0 Å². The Balaban J connectivity index is 1.66. The minimum absolute atomic E-state index is 0.0637. The van der Waals surface area contributed by atoms with E-state index >= 15 is 4.79 Å². The lowest BCUT2D eigenvalue weighted by atomic mass is 9.45. The molecule has 0 aromatic heterocycles. The van der Waals surface area contributed by atoms with Gasteiger partial charge < -0.3 is 44.0 Å². The van der Waals surface area contributed by atoms with Crippen LogP contribution in [0.15, 0.2) is 41.5 Å². The highest BCUT2D eigenvalue weighted by atomic mass is 16.6.